The Morgan fingerprint density at radius 2 is 1.41 bits per heavy atom. The topological polar surface area (TPSA) is 26.3 Å². The molecular weight excluding hydrogens is 300 g/mol. The quantitative estimate of drug-likeness (QED) is 0.206. The van der Waals surface area contributed by atoms with E-state index in [-0.39, 0.29) is 12.0 Å². The Morgan fingerprint density at radius 1 is 0.955 bits per heavy atom. The van der Waals surface area contributed by atoms with Crippen molar-refractivity contribution in [3.05, 3.63) is 12.2 Å². The van der Waals surface area contributed by atoms with Gasteiger partial charge in [0, 0.05) is 12.0 Å². The zero-order valence-electron chi connectivity index (χ0n) is 13.4. The van der Waals surface area contributed by atoms with E-state index in [0.717, 1.165) is 38.5 Å². The molecule has 0 saturated heterocycles. The number of halogens is 4. The van der Waals surface area contributed by atoms with Crippen molar-refractivity contribution in [2.24, 2.45) is 0 Å². The summed E-state index contributed by atoms with van der Waals surface area (Å²) in [4.78, 5) is 11.2. The molecule has 0 saturated carbocycles. The Balaban J connectivity index is 4.22. The molecule has 1 atom stereocenters. The van der Waals surface area contributed by atoms with Crippen LogP contribution < -0.4 is 0 Å². The standard InChI is InChI=1S/C16H26F4O2/c1-4-5-6-7-8-9-10-11-12-15(17,16(18,19)20)22-14(21)13(2)3/h2,4-12H2,1,3H3. The molecule has 0 radical (unpaired) electrons. The predicted octanol–water partition coefficient (Wildman–Crippen LogP) is 5.86. The van der Waals surface area contributed by atoms with Crippen LogP contribution in [0.25, 0.3) is 0 Å². The lowest BCUT2D eigenvalue weighted by Gasteiger charge is -2.27. The Morgan fingerprint density at radius 3 is 1.82 bits per heavy atom. The van der Waals surface area contributed by atoms with Crippen LogP contribution in [0.2, 0.25) is 0 Å². The monoisotopic (exact) mass is 326 g/mol. The van der Waals surface area contributed by atoms with Gasteiger partial charge < -0.3 is 4.74 Å². The molecule has 0 amide bonds. The second kappa shape index (κ2) is 9.85. The van der Waals surface area contributed by atoms with Crippen LogP contribution in [0.1, 0.15) is 71.6 Å². The predicted molar refractivity (Wildman–Crippen MR) is 78.0 cm³/mol. The summed E-state index contributed by atoms with van der Waals surface area (Å²) in [5.41, 5.74) is -0.262. The first kappa shape index (κ1) is 20.9. The van der Waals surface area contributed by atoms with Crippen molar-refractivity contribution in [2.75, 3.05) is 0 Å². The van der Waals surface area contributed by atoms with Crippen molar-refractivity contribution >= 4 is 5.97 Å². The Kier molecular flexibility index (Phi) is 9.37. The maximum Gasteiger partial charge on any atom is 0.460 e. The van der Waals surface area contributed by atoms with Gasteiger partial charge >= 0.3 is 18.0 Å². The molecule has 0 heterocycles. The van der Waals surface area contributed by atoms with E-state index >= 15 is 0 Å². The van der Waals surface area contributed by atoms with Gasteiger partial charge in [-0.15, -0.1) is 0 Å². The number of unbranched alkanes of at least 4 members (excludes halogenated alkanes) is 7. The molecule has 0 aliphatic rings. The third kappa shape index (κ3) is 7.80. The average molecular weight is 326 g/mol. The minimum absolute atomic E-state index is 0.0211. The van der Waals surface area contributed by atoms with Gasteiger partial charge in [-0.3, -0.25) is 0 Å². The van der Waals surface area contributed by atoms with E-state index in [9.17, 15) is 22.4 Å². The van der Waals surface area contributed by atoms with E-state index < -0.39 is 24.4 Å². The minimum atomic E-state index is -5.24. The van der Waals surface area contributed by atoms with Crippen molar-refractivity contribution in [2.45, 2.75) is 83.7 Å². The summed E-state index contributed by atoms with van der Waals surface area (Å²) in [6.45, 7) is 6.44. The highest BCUT2D eigenvalue weighted by atomic mass is 19.4. The molecule has 0 N–H and O–H groups in total. The molecule has 22 heavy (non-hydrogen) atoms. The van der Waals surface area contributed by atoms with Crippen LogP contribution in [-0.2, 0) is 9.53 Å². The van der Waals surface area contributed by atoms with E-state index in [1.165, 1.54) is 6.92 Å². The summed E-state index contributed by atoms with van der Waals surface area (Å²) in [5, 5.41) is 0. The molecule has 0 aromatic heterocycles. The van der Waals surface area contributed by atoms with Gasteiger partial charge in [-0.1, -0.05) is 58.4 Å². The van der Waals surface area contributed by atoms with Crippen LogP contribution in [0.3, 0.4) is 0 Å². The number of alkyl halides is 4. The summed E-state index contributed by atoms with van der Waals surface area (Å²) < 4.78 is 56.3. The van der Waals surface area contributed by atoms with Crippen LogP contribution in [0, 0.1) is 0 Å². The number of ether oxygens (including phenoxy) is 1. The number of hydrogen-bond acceptors (Lipinski definition) is 2. The first-order valence-electron chi connectivity index (χ1n) is 7.78. The molecule has 0 aromatic rings. The van der Waals surface area contributed by atoms with Crippen molar-refractivity contribution < 1.29 is 27.1 Å². The highest BCUT2D eigenvalue weighted by Crippen LogP contribution is 2.39. The van der Waals surface area contributed by atoms with E-state index in [4.69, 9.17) is 0 Å². The maximum absolute atomic E-state index is 14.0. The molecule has 2 nitrogen and oxygen atoms in total. The number of carbonyl (C=O) groups excluding carboxylic acids is 1. The normalized spacial score (nSPS) is 14.5. The lowest BCUT2D eigenvalue weighted by atomic mass is 10.0. The van der Waals surface area contributed by atoms with Gasteiger partial charge in [0.25, 0.3) is 0 Å². The smallest absolute Gasteiger partial charge is 0.416 e. The van der Waals surface area contributed by atoms with Crippen molar-refractivity contribution in [1.82, 2.24) is 0 Å². The first-order valence-corrected chi connectivity index (χ1v) is 7.78. The van der Waals surface area contributed by atoms with Gasteiger partial charge in [0.05, 0.1) is 0 Å². The average Bonchev–Trinajstić information content (AvgIpc) is 2.40. The van der Waals surface area contributed by atoms with Gasteiger partial charge in [-0.25, -0.2) is 4.79 Å². The SMILES string of the molecule is C=C(C)C(=O)OC(F)(CCCCCCCCCC)C(F)(F)F. The third-order valence-corrected chi connectivity index (χ3v) is 3.38. The van der Waals surface area contributed by atoms with Gasteiger partial charge in [0.1, 0.15) is 0 Å². The molecule has 0 aromatic carbocycles. The van der Waals surface area contributed by atoms with Gasteiger partial charge in [0.2, 0.25) is 0 Å². The zero-order valence-corrected chi connectivity index (χ0v) is 13.4. The molecule has 0 rings (SSSR count). The van der Waals surface area contributed by atoms with E-state index in [1.54, 1.807) is 0 Å². The minimum Gasteiger partial charge on any atom is -0.416 e. The molecule has 130 valence electrons. The van der Waals surface area contributed by atoms with Crippen molar-refractivity contribution in [3.8, 4) is 0 Å². The molecule has 0 fully saturated rings. The van der Waals surface area contributed by atoms with E-state index in [1.807, 2.05) is 0 Å². The van der Waals surface area contributed by atoms with Crippen molar-refractivity contribution in [1.29, 1.82) is 0 Å². The van der Waals surface area contributed by atoms with Gasteiger partial charge in [0.15, 0.2) is 0 Å². The van der Waals surface area contributed by atoms with E-state index in [0.29, 0.717) is 6.42 Å². The van der Waals surface area contributed by atoms with E-state index in [2.05, 4.69) is 18.2 Å². The molecule has 0 bridgehead atoms. The lowest BCUT2D eigenvalue weighted by Crippen LogP contribution is -2.45. The first-order chi connectivity index (χ1) is 10.1. The summed E-state index contributed by atoms with van der Waals surface area (Å²) in [6.07, 6.45) is 0.516. The molecular formula is C16H26F4O2. The molecule has 1 unspecified atom stereocenters. The van der Waals surface area contributed by atoms with Crippen LogP contribution in [-0.4, -0.2) is 18.0 Å². The fourth-order valence-corrected chi connectivity index (χ4v) is 1.97. The lowest BCUT2D eigenvalue weighted by molar-refractivity contribution is -0.321. The maximum atomic E-state index is 14.0. The number of carbonyl (C=O) groups is 1. The summed E-state index contributed by atoms with van der Waals surface area (Å²) in [7, 11) is 0. The van der Waals surface area contributed by atoms with Crippen LogP contribution in [0.5, 0.6) is 0 Å². The van der Waals surface area contributed by atoms with Crippen LogP contribution in [0.15, 0.2) is 12.2 Å². The second-order valence-corrected chi connectivity index (χ2v) is 5.62. The highest BCUT2D eigenvalue weighted by molar-refractivity contribution is 5.87. The van der Waals surface area contributed by atoms with Crippen molar-refractivity contribution in [3.63, 3.8) is 0 Å². The molecule has 6 heteroatoms. The summed E-state index contributed by atoms with van der Waals surface area (Å²) >= 11 is 0. The van der Waals surface area contributed by atoms with Crippen LogP contribution >= 0.6 is 0 Å². The van der Waals surface area contributed by atoms with Gasteiger partial charge in [-0.2, -0.15) is 17.6 Å². The Bertz CT molecular complexity index is 353. The fourth-order valence-electron chi connectivity index (χ4n) is 1.97. The van der Waals surface area contributed by atoms with Crippen LogP contribution in [0.4, 0.5) is 17.6 Å². The number of esters is 1. The third-order valence-electron chi connectivity index (χ3n) is 3.38. The summed E-state index contributed by atoms with van der Waals surface area (Å²) in [6, 6.07) is 0. The van der Waals surface area contributed by atoms with Gasteiger partial charge in [-0.05, 0) is 13.3 Å². The summed E-state index contributed by atoms with van der Waals surface area (Å²) in [5.74, 6) is -5.29. The largest absolute Gasteiger partial charge is 0.460 e. The highest BCUT2D eigenvalue weighted by Gasteiger charge is 2.59. The Labute approximate surface area is 129 Å². The second-order valence-electron chi connectivity index (χ2n) is 5.62. The number of rotatable bonds is 11. The number of hydrogen-bond donors (Lipinski definition) is 0. The molecule has 0 spiro atoms. The molecule has 0 aliphatic carbocycles. The molecule has 0 aliphatic heterocycles. The Hall–Kier alpha value is -1.07. The zero-order chi connectivity index (χ0) is 17.2. The fraction of sp³-hybridized carbons (Fsp3) is 0.812.